The zero-order chi connectivity index (χ0) is 46.1. The van der Waals surface area contributed by atoms with Crippen molar-refractivity contribution in [2.75, 3.05) is 0 Å². The van der Waals surface area contributed by atoms with Gasteiger partial charge in [0.05, 0.1) is 11.0 Å². The van der Waals surface area contributed by atoms with E-state index >= 15 is 0 Å². The van der Waals surface area contributed by atoms with Crippen LogP contribution in [-0.2, 0) is 0 Å². The number of hydrogen-bond acceptors (Lipinski definition) is 2. The number of aromatic nitrogens is 2. The number of benzene rings is 10. The van der Waals surface area contributed by atoms with Crippen molar-refractivity contribution in [2.45, 2.75) is 26.7 Å². The first-order valence-electron chi connectivity index (χ1n) is 24.7. The molecule has 0 spiro atoms. The summed E-state index contributed by atoms with van der Waals surface area (Å²) in [6.07, 6.45) is 0. The minimum absolute atomic E-state index is 0.0580. The SMILES string of the molecule is Cc1cc2c3c(c1)-n1c4ccc(-c5cccc(-c6ccc7c(c6)Oc6cc(C(C)C)cc8c6B7c6cccc7c9ccccc9n-8c67)c5)cc4c4cccc(c41)B3c1ccc(-c3ccccc3)cc1O2. The summed E-state index contributed by atoms with van der Waals surface area (Å²) in [6, 6.07) is 72.2. The van der Waals surface area contributed by atoms with Gasteiger partial charge in [-0.25, -0.2) is 0 Å². The van der Waals surface area contributed by atoms with Gasteiger partial charge in [0.2, 0.25) is 0 Å². The van der Waals surface area contributed by atoms with E-state index < -0.39 is 0 Å². The number of rotatable bonds is 4. The molecule has 4 aliphatic rings. The van der Waals surface area contributed by atoms with Gasteiger partial charge >= 0.3 is 0 Å². The van der Waals surface area contributed by atoms with Gasteiger partial charge in [-0.1, -0.05) is 147 Å². The molecular weight excluding hydrogens is 850 g/mol. The minimum atomic E-state index is 0.0580. The number of hydrogen-bond donors (Lipinski definition) is 0. The Kier molecular flexibility index (Phi) is 7.61. The maximum Gasteiger partial charge on any atom is 0.256 e. The molecule has 326 valence electrons. The zero-order valence-corrected chi connectivity index (χ0v) is 38.9. The number of para-hydroxylation sites is 3. The summed E-state index contributed by atoms with van der Waals surface area (Å²) in [6.45, 7) is 6.85. The molecule has 0 fully saturated rings. The van der Waals surface area contributed by atoms with Gasteiger partial charge in [-0.15, -0.1) is 0 Å². The molecule has 0 unspecified atom stereocenters. The lowest BCUT2D eigenvalue weighted by Crippen LogP contribution is -2.58. The van der Waals surface area contributed by atoms with E-state index in [2.05, 4.69) is 224 Å². The number of fused-ring (bicyclic) bond motifs is 14. The van der Waals surface area contributed by atoms with E-state index in [9.17, 15) is 0 Å². The second-order valence-electron chi connectivity index (χ2n) is 20.2. The first-order chi connectivity index (χ1) is 34.4. The van der Waals surface area contributed by atoms with Crippen molar-refractivity contribution in [2.24, 2.45) is 0 Å². The Morgan fingerprint density at radius 3 is 1.57 bits per heavy atom. The van der Waals surface area contributed by atoms with Crippen LogP contribution in [0.4, 0.5) is 0 Å². The molecule has 70 heavy (non-hydrogen) atoms. The van der Waals surface area contributed by atoms with E-state index in [-0.39, 0.29) is 13.4 Å². The van der Waals surface area contributed by atoms with Gasteiger partial charge in [0.1, 0.15) is 23.0 Å². The third-order valence-corrected chi connectivity index (χ3v) is 16.0. The third kappa shape index (κ3) is 5.12. The molecule has 0 bridgehead atoms. The average molecular weight is 893 g/mol. The van der Waals surface area contributed by atoms with Gasteiger partial charge in [0.25, 0.3) is 13.4 Å². The molecule has 0 N–H and O–H groups in total. The van der Waals surface area contributed by atoms with Crippen LogP contribution in [0.3, 0.4) is 0 Å². The number of ether oxygens (including phenoxy) is 2. The molecule has 0 radical (unpaired) electrons. The molecule has 10 aromatic carbocycles. The van der Waals surface area contributed by atoms with Gasteiger partial charge < -0.3 is 18.6 Å². The second-order valence-corrected chi connectivity index (χ2v) is 20.2. The van der Waals surface area contributed by atoms with Gasteiger partial charge in [-0.05, 0) is 151 Å². The lowest BCUT2D eigenvalue weighted by Gasteiger charge is -2.34. The topological polar surface area (TPSA) is 28.3 Å². The maximum absolute atomic E-state index is 7.09. The van der Waals surface area contributed by atoms with Crippen LogP contribution in [0, 0.1) is 6.92 Å². The largest absolute Gasteiger partial charge is 0.458 e. The molecule has 16 rings (SSSR count). The van der Waals surface area contributed by atoms with Gasteiger partial charge in [0.15, 0.2) is 0 Å². The Bertz CT molecular complexity index is 4310. The van der Waals surface area contributed by atoms with Crippen LogP contribution >= 0.6 is 0 Å². The highest BCUT2D eigenvalue weighted by atomic mass is 16.5. The fourth-order valence-corrected chi connectivity index (χ4v) is 12.9. The fourth-order valence-electron chi connectivity index (χ4n) is 12.9. The molecule has 6 heterocycles. The van der Waals surface area contributed by atoms with Crippen LogP contribution < -0.4 is 42.3 Å². The summed E-state index contributed by atoms with van der Waals surface area (Å²) in [5, 5.41) is 5.10. The Morgan fingerprint density at radius 1 is 0.371 bits per heavy atom. The molecule has 0 atom stereocenters. The van der Waals surface area contributed by atoms with Gasteiger partial charge in [0, 0.05) is 44.0 Å². The van der Waals surface area contributed by atoms with E-state index in [4.69, 9.17) is 9.47 Å². The molecule has 0 aliphatic carbocycles. The molecule has 6 heteroatoms. The van der Waals surface area contributed by atoms with Crippen LogP contribution in [0.25, 0.3) is 88.4 Å². The Labute approximate surface area is 406 Å². The van der Waals surface area contributed by atoms with Crippen molar-refractivity contribution in [3.05, 3.63) is 205 Å². The molecule has 4 nitrogen and oxygen atoms in total. The predicted octanol–water partition coefficient (Wildman–Crippen LogP) is 12.2. The standard InChI is InChI=1S/C64H42B2N2O2/c1-36(2)44-32-56-62-60(35-44)70-58-34-43(23-26-50(58)66(62)51-19-10-17-46-45-16-7-8-21-53(45)67(56)63(46)51)40-15-9-14-39(30-40)41-24-27-54-48(31-41)47-18-11-20-52-64(47)68(54)55-28-37(3)29-59-61(55)65(52)49-25-22-42(33-57(49)69-59)38-12-5-4-6-13-38/h4-36H,1-3H3. The van der Waals surface area contributed by atoms with E-state index in [1.54, 1.807) is 0 Å². The molecular formula is C64H42B2N2O2. The first-order valence-corrected chi connectivity index (χ1v) is 24.7. The van der Waals surface area contributed by atoms with Crippen LogP contribution in [0.2, 0.25) is 0 Å². The van der Waals surface area contributed by atoms with Crippen molar-refractivity contribution in [3.8, 4) is 67.8 Å². The molecule has 0 saturated carbocycles. The number of aryl methyl sites for hydroxylation is 1. The van der Waals surface area contributed by atoms with Crippen molar-refractivity contribution in [1.82, 2.24) is 9.13 Å². The maximum atomic E-state index is 7.09. The first kappa shape index (κ1) is 38.5. The zero-order valence-electron chi connectivity index (χ0n) is 38.9. The van der Waals surface area contributed by atoms with Crippen molar-refractivity contribution in [1.29, 1.82) is 0 Å². The number of nitrogens with zero attached hydrogens (tertiary/aromatic N) is 2. The van der Waals surface area contributed by atoms with Crippen LogP contribution in [0.5, 0.6) is 23.0 Å². The predicted molar refractivity (Wildman–Crippen MR) is 293 cm³/mol. The normalized spacial score (nSPS) is 13.4. The minimum Gasteiger partial charge on any atom is -0.458 e. The van der Waals surface area contributed by atoms with Crippen LogP contribution in [0.15, 0.2) is 194 Å². The second kappa shape index (κ2) is 13.8. The fraction of sp³-hybridized carbons (Fsp3) is 0.0625. The summed E-state index contributed by atoms with van der Waals surface area (Å²) < 4.78 is 19.0. The molecule has 4 aliphatic heterocycles. The highest BCUT2D eigenvalue weighted by Gasteiger charge is 2.42. The lowest BCUT2D eigenvalue weighted by molar-refractivity contribution is 0.486. The molecule has 12 aromatic rings. The molecule has 0 amide bonds. The summed E-state index contributed by atoms with van der Waals surface area (Å²) in [4.78, 5) is 0. The Balaban J connectivity index is 0.813. The van der Waals surface area contributed by atoms with Gasteiger partial charge in [-0.2, -0.15) is 0 Å². The summed E-state index contributed by atoms with van der Waals surface area (Å²) in [5.41, 5.74) is 24.5. The lowest BCUT2D eigenvalue weighted by atomic mass is 9.34. The summed E-state index contributed by atoms with van der Waals surface area (Å²) in [5.74, 6) is 4.10. The highest BCUT2D eigenvalue weighted by Crippen LogP contribution is 2.43. The summed E-state index contributed by atoms with van der Waals surface area (Å²) >= 11 is 0. The average Bonchev–Trinajstić information content (AvgIpc) is 3.92. The van der Waals surface area contributed by atoms with E-state index in [0.717, 1.165) is 39.7 Å². The van der Waals surface area contributed by atoms with Crippen molar-refractivity contribution >= 4 is 89.8 Å². The Morgan fingerprint density at radius 2 is 0.886 bits per heavy atom. The molecule has 0 saturated heterocycles. The van der Waals surface area contributed by atoms with Crippen molar-refractivity contribution in [3.63, 3.8) is 0 Å². The van der Waals surface area contributed by atoms with Crippen LogP contribution in [-0.4, -0.2) is 22.6 Å². The van der Waals surface area contributed by atoms with Gasteiger partial charge in [-0.3, -0.25) is 0 Å². The van der Waals surface area contributed by atoms with E-state index in [0.29, 0.717) is 5.92 Å². The van der Waals surface area contributed by atoms with E-state index in [1.807, 2.05) is 0 Å². The monoisotopic (exact) mass is 892 g/mol. The van der Waals surface area contributed by atoms with Crippen molar-refractivity contribution < 1.29 is 9.47 Å². The van der Waals surface area contributed by atoms with Crippen LogP contribution in [0.1, 0.15) is 30.9 Å². The summed E-state index contributed by atoms with van der Waals surface area (Å²) in [7, 11) is 0. The Hall–Kier alpha value is -8.47. The molecule has 2 aromatic heterocycles. The third-order valence-electron chi connectivity index (χ3n) is 16.0. The smallest absolute Gasteiger partial charge is 0.256 e. The highest BCUT2D eigenvalue weighted by molar-refractivity contribution is 7.00. The quantitative estimate of drug-likeness (QED) is 0.165. The van der Waals surface area contributed by atoms with E-state index in [1.165, 1.54) is 116 Å².